The van der Waals surface area contributed by atoms with Gasteiger partial charge >= 0.3 is 0 Å². The average Bonchev–Trinajstić information content (AvgIpc) is 2.66. The monoisotopic (exact) mass is 259 g/mol. The second kappa shape index (κ2) is 7.09. The van der Waals surface area contributed by atoms with Crippen LogP contribution in [0.25, 0.3) is 0 Å². The molecule has 1 aromatic carbocycles. The molecule has 1 N–H and O–H groups in total. The number of hydrogen-bond donors (Lipinski definition) is 1. The molecule has 1 aliphatic carbocycles. The first kappa shape index (κ1) is 14.6. The number of benzene rings is 1. The Labute approximate surface area is 118 Å². The molecule has 1 fully saturated rings. The maximum Gasteiger partial charge on any atom is 0.0210 e. The van der Waals surface area contributed by atoms with Crippen molar-refractivity contribution in [1.82, 2.24) is 5.32 Å². The first-order chi connectivity index (χ1) is 9.16. The van der Waals surface area contributed by atoms with Crippen molar-refractivity contribution in [3.05, 3.63) is 34.9 Å². The molecule has 19 heavy (non-hydrogen) atoms. The largest absolute Gasteiger partial charge is 0.310 e. The van der Waals surface area contributed by atoms with E-state index < -0.39 is 0 Å². The fraction of sp³-hybridized carbons (Fsp3) is 0.667. The van der Waals surface area contributed by atoms with Gasteiger partial charge in [0, 0.05) is 12.6 Å². The van der Waals surface area contributed by atoms with Crippen LogP contribution in [0.5, 0.6) is 0 Å². The van der Waals surface area contributed by atoms with Crippen LogP contribution >= 0.6 is 0 Å². The zero-order valence-corrected chi connectivity index (χ0v) is 12.8. The van der Waals surface area contributed by atoms with E-state index in [0.717, 1.165) is 12.5 Å². The highest BCUT2D eigenvalue weighted by atomic mass is 14.9. The van der Waals surface area contributed by atoms with Gasteiger partial charge < -0.3 is 5.32 Å². The molecular weight excluding hydrogens is 230 g/mol. The zero-order valence-electron chi connectivity index (χ0n) is 12.8. The van der Waals surface area contributed by atoms with Gasteiger partial charge in [0.25, 0.3) is 0 Å². The third-order valence-electron chi connectivity index (χ3n) is 4.72. The Morgan fingerprint density at radius 1 is 1.11 bits per heavy atom. The van der Waals surface area contributed by atoms with Crippen LogP contribution in [0.3, 0.4) is 0 Å². The Bertz CT molecular complexity index is 389. The predicted octanol–water partition coefficient (Wildman–Crippen LogP) is 4.75. The highest BCUT2D eigenvalue weighted by molar-refractivity contribution is 5.30. The van der Waals surface area contributed by atoms with E-state index in [1.807, 2.05) is 0 Å². The second-order valence-electron chi connectivity index (χ2n) is 6.35. The van der Waals surface area contributed by atoms with E-state index in [2.05, 4.69) is 44.3 Å². The van der Waals surface area contributed by atoms with Crippen LogP contribution in [0, 0.1) is 19.8 Å². The fourth-order valence-corrected chi connectivity index (χ4v) is 3.29. The van der Waals surface area contributed by atoms with Crippen molar-refractivity contribution in [3.63, 3.8) is 0 Å². The Kier molecular flexibility index (Phi) is 5.45. The van der Waals surface area contributed by atoms with Crippen LogP contribution in [0.2, 0.25) is 0 Å². The molecule has 0 aliphatic heterocycles. The van der Waals surface area contributed by atoms with Crippen molar-refractivity contribution < 1.29 is 0 Å². The molecular formula is C18H29N. The summed E-state index contributed by atoms with van der Waals surface area (Å²) >= 11 is 0. The molecule has 0 amide bonds. The number of hydrogen-bond acceptors (Lipinski definition) is 1. The van der Waals surface area contributed by atoms with Crippen molar-refractivity contribution in [2.75, 3.05) is 0 Å². The van der Waals surface area contributed by atoms with Crippen molar-refractivity contribution in [2.24, 2.45) is 5.92 Å². The molecule has 1 aliphatic rings. The van der Waals surface area contributed by atoms with E-state index in [1.54, 1.807) is 0 Å². The molecule has 0 heterocycles. The summed E-state index contributed by atoms with van der Waals surface area (Å²) in [7, 11) is 0. The lowest BCUT2D eigenvalue weighted by atomic mass is 9.92. The van der Waals surface area contributed by atoms with Gasteiger partial charge in [-0.1, -0.05) is 49.4 Å². The standard InChI is InChI=1S/C18H29N/c1-14-10-11-18(15(2)12-14)13-19-16(3)17-8-6-4-5-7-9-17/h10-12,16-17,19H,4-9,13H2,1-3H3/t16-/m0/s1. The Hall–Kier alpha value is -0.820. The third-order valence-corrected chi connectivity index (χ3v) is 4.72. The fourth-order valence-electron chi connectivity index (χ4n) is 3.29. The smallest absolute Gasteiger partial charge is 0.0210 e. The van der Waals surface area contributed by atoms with Crippen molar-refractivity contribution in [2.45, 2.75) is 71.9 Å². The molecule has 0 radical (unpaired) electrons. The average molecular weight is 259 g/mol. The molecule has 0 bridgehead atoms. The van der Waals surface area contributed by atoms with E-state index in [1.165, 1.54) is 55.2 Å². The highest BCUT2D eigenvalue weighted by Crippen LogP contribution is 2.25. The SMILES string of the molecule is Cc1ccc(CN[C@@H](C)C2CCCCCC2)c(C)c1. The molecule has 0 saturated heterocycles. The van der Waals surface area contributed by atoms with E-state index in [-0.39, 0.29) is 0 Å². The summed E-state index contributed by atoms with van der Waals surface area (Å²) in [5.74, 6) is 0.883. The molecule has 106 valence electrons. The van der Waals surface area contributed by atoms with Crippen molar-refractivity contribution in [1.29, 1.82) is 0 Å². The van der Waals surface area contributed by atoms with Crippen molar-refractivity contribution in [3.8, 4) is 0 Å². The van der Waals surface area contributed by atoms with Crippen LogP contribution in [0.1, 0.15) is 62.1 Å². The minimum Gasteiger partial charge on any atom is -0.310 e. The van der Waals surface area contributed by atoms with Crippen LogP contribution in [-0.4, -0.2) is 6.04 Å². The minimum absolute atomic E-state index is 0.652. The lowest BCUT2D eigenvalue weighted by molar-refractivity contribution is 0.336. The summed E-state index contributed by atoms with van der Waals surface area (Å²) in [6.07, 6.45) is 8.59. The van der Waals surface area contributed by atoms with E-state index >= 15 is 0 Å². The molecule has 2 rings (SSSR count). The van der Waals surface area contributed by atoms with Gasteiger partial charge in [0.1, 0.15) is 0 Å². The lowest BCUT2D eigenvalue weighted by Crippen LogP contribution is -2.33. The quantitative estimate of drug-likeness (QED) is 0.769. The number of nitrogens with one attached hydrogen (secondary N) is 1. The highest BCUT2D eigenvalue weighted by Gasteiger charge is 2.18. The molecule has 1 aromatic rings. The molecule has 0 spiro atoms. The maximum atomic E-state index is 3.76. The van der Waals surface area contributed by atoms with Gasteiger partial charge in [-0.3, -0.25) is 0 Å². The maximum absolute atomic E-state index is 3.76. The van der Waals surface area contributed by atoms with E-state index in [9.17, 15) is 0 Å². The van der Waals surface area contributed by atoms with E-state index in [0.29, 0.717) is 6.04 Å². The molecule has 1 atom stereocenters. The Balaban J connectivity index is 1.86. The molecule has 1 nitrogen and oxygen atoms in total. The summed E-state index contributed by atoms with van der Waals surface area (Å²) in [5, 5.41) is 3.76. The second-order valence-corrected chi connectivity index (χ2v) is 6.35. The Morgan fingerprint density at radius 2 is 1.79 bits per heavy atom. The normalized spacial score (nSPS) is 19.1. The van der Waals surface area contributed by atoms with Gasteiger partial charge in [0.2, 0.25) is 0 Å². The summed E-state index contributed by atoms with van der Waals surface area (Å²) in [6, 6.07) is 7.43. The topological polar surface area (TPSA) is 12.0 Å². The number of aryl methyl sites for hydroxylation is 2. The van der Waals surface area contributed by atoms with Gasteiger partial charge in [-0.05, 0) is 50.7 Å². The zero-order chi connectivity index (χ0) is 13.7. The first-order valence-electron chi connectivity index (χ1n) is 7.96. The Morgan fingerprint density at radius 3 is 2.42 bits per heavy atom. The summed E-state index contributed by atoms with van der Waals surface area (Å²) in [5.41, 5.74) is 4.23. The van der Waals surface area contributed by atoms with Gasteiger partial charge in [0.15, 0.2) is 0 Å². The van der Waals surface area contributed by atoms with Crippen LogP contribution < -0.4 is 5.32 Å². The number of rotatable bonds is 4. The van der Waals surface area contributed by atoms with Gasteiger partial charge in [-0.2, -0.15) is 0 Å². The summed E-state index contributed by atoms with van der Waals surface area (Å²) in [6.45, 7) is 7.78. The minimum atomic E-state index is 0.652. The van der Waals surface area contributed by atoms with Gasteiger partial charge in [-0.25, -0.2) is 0 Å². The van der Waals surface area contributed by atoms with Crippen LogP contribution in [0.4, 0.5) is 0 Å². The first-order valence-corrected chi connectivity index (χ1v) is 7.96. The van der Waals surface area contributed by atoms with E-state index in [4.69, 9.17) is 0 Å². The summed E-state index contributed by atoms with van der Waals surface area (Å²) in [4.78, 5) is 0. The van der Waals surface area contributed by atoms with Crippen molar-refractivity contribution >= 4 is 0 Å². The van der Waals surface area contributed by atoms with Gasteiger partial charge in [0.05, 0.1) is 0 Å². The lowest BCUT2D eigenvalue weighted by Gasteiger charge is -2.24. The van der Waals surface area contributed by atoms with Gasteiger partial charge in [-0.15, -0.1) is 0 Å². The summed E-state index contributed by atoms with van der Waals surface area (Å²) < 4.78 is 0. The molecule has 1 heteroatoms. The van der Waals surface area contributed by atoms with Crippen LogP contribution in [-0.2, 0) is 6.54 Å². The van der Waals surface area contributed by atoms with Crippen LogP contribution in [0.15, 0.2) is 18.2 Å². The third kappa shape index (κ3) is 4.35. The molecule has 1 saturated carbocycles. The predicted molar refractivity (Wildman–Crippen MR) is 83.4 cm³/mol. The molecule has 0 unspecified atom stereocenters. The molecule has 0 aromatic heterocycles.